The van der Waals surface area contributed by atoms with Gasteiger partial charge in [-0.15, -0.1) is 0 Å². The van der Waals surface area contributed by atoms with Crippen molar-refractivity contribution in [3.05, 3.63) is 0 Å². The minimum absolute atomic E-state index is 0.171. The highest BCUT2D eigenvalue weighted by Crippen LogP contribution is 2.72. The number of alkyl halides is 2. The fourth-order valence-electron chi connectivity index (χ4n) is 2.10. The van der Waals surface area contributed by atoms with E-state index < -0.39 is 11.3 Å². The maximum Gasteiger partial charge on any atom is 0.254 e. The van der Waals surface area contributed by atoms with Gasteiger partial charge in [-0.05, 0) is 18.8 Å². The van der Waals surface area contributed by atoms with Crippen LogP contribution in [0.1, 0.15) is 40.0 Å². The zero-order valence-corrected chi connectivity index (χ0v) is 7.45. The van der Waals surface area contributed by atoms with Crippen LogP contribution in [-0.2, 0) is 0 Å². The lowest BCUT2D eigenvalue weighted by Crippen LogP contribution is -2.27. The van der Waals surface area contributed by atoms with Gasteiger partial charge >= 0.3 is 0 Å². The Morgan fingerprint density at radius 3 is 1.64 bits per heavy atom. The van der Waals surface area contributed by atoms with Gasteiger partial charge in [0, 0.05) is 11.8 Å². The molecule has 0 saturated heterocycles. The molecule has 0 amide bonds. The summed E-state index contributed by atoms with van der Waals surface area (Å²) in [7, 11) is 0. The van der Waals surface area contributed by atoms with Crippen LogP contribution in [0.15, 0.2) is 0 Å². The largest absolute Gasteiger partial charge is 0.254 e. The molecule has 2 saturated carbocycles. The number of rotatable bonds is 0. The Morgan fingerprint density at radius 1 is 1.18 bits per heavy atom. The van der Waals surface area contributed by atoms with Gasteiger partial charge in [0.2, 0.25) is 0 Å². The zero-order valence-electron chi connectivity index (χ0n) is 7.45. The Labute approximate surface area is 67.0 Å². The number of halogens is 2. The van der Waals surface area contributed by atoms with Crippen molar-refractivity contribution >= 4 is 0 Å². The SMILES string of the molecule is CC.CC1CC2(C1)CC2(F)F. The molecule has 0 bridgehead atoms. The van der Waals surface area contributed by atoms with E-state index in [4.69, 9.17) is 0 Å². The quantitative estimate of drug-likeness (QED) is 0.511. The summed E-state index contributed by atoms with van der Waals surface area (Å²) in [6.45, 7) is 6.04. The summed E-state index contributed by atoms with van der Waals surface area (Å²) in [5, 5.41) is 0. The van der Waals surface area contributed by atoms with E-state index in [1.165, 1.54) is 0 Å². The molecule has 0 aromatic rings. The van der Waals surface area contributed by atoms with E-state index in [1.54, 1.807) is 0 Å². The second-order valence-corrected chi connectivity index (χ2v) is 3.67. The fraction of sp³-hybridized carbons (Fsp3) is 1.00. The molecule has 0 radical (unpaired) electrons. The van der Waals surface area contributed by atoms with E-state index in [2.05, 4.69) is 0 Å². The van der Waals surface area contributed by atoms with Gasteiger partial charge in [-0.2, -0.15) is 0 Å². The smallest absolute Gasteiger partial charge is 0.206 e. The maximum atomic E-state index is 12.4. The van der Waals surface area contributed by atoms with Gasteiger partial charge in [0.1, 0.15) is 0 Å². The van der Waals surface area contributed by atoms with E-state index in [-0.39, 0.29) is 6.42 Å². The molecule has 2 aliphatic carbocycles. The predicted octanol–water partition coefficient (Wildman–Crippen LogP) is 3.47. The molecule has 11 heavy (non-hydrogen) atoms. The van der Waals surface area contributed by atoms with E-state index in [9.17, 15) is 8.78 Å². The first-order chi connectivity index (χ1) is 5.06. The standard InChI is InChI=1S/C7H10F2.C2H6/c1-5-2-6(3-5)4-7(6,8)9;1-2/h5H,2-4H2,1H3;1-2H3. The third-order valence-corrected chi connectivity index (χ3v) is 2.69. The highest BCUT2D eigenvalue weighted by atomic mass is 19.3. The molecule has 0 aliphatic heterocycles. The molecule has 0 unspecified atom stereocenters. The van der Waals surface area contributed by atoms with E-state index >= 15 is 0 Å². The minimum Gasteiger partial charge on any atom is -0.206 e. The lowest BCUT2D eigenvalue weighted by Gasteiger charge is -2.32. The van der Waals surface area contributed by atoms with Crippen LogP contribution in [0.25, 0.3) is 0 Å². The Morgan fingerprint density at radius 2 is 1.55 bits per heavy atom. The summed E-state index contributed by atoms with van der Waals surface area (Å²) in [6.07, 6.45) is 1.70. The van der Waals surface area contributed by atoms with Crippen LogP contribution in [0, 0.1) is 11.3 Å². The average molecular weight is 162 g/mol. The first-order valence-corrected chi connectivity index (χ1v) is 4.44. The van der Waals surface area contributed by atoms with Gasteiger partial charge < -0.3 is 0 Å². The van der Waals surface area contributed by atoms with Gasteiger partial charge in [-0.3, -0.25) is 0 Å². The molecule has 0 heterocycles. The monoisotopic (exact) mass is 162 g/mol. The van der Waals surface area contributed by atoms with Gasteiger partial charge in [0.05, 0.1) is 0 Å². The Hall–Kier alpha value is -0.140. The molecule has 2 aliphatic rings. The van der Waals surface area contributed by atoms with E-state index in [0.29, 0.717) is 5.92 Å². The van der Waals surface area contributed by atoms with Crippen LogP contribution in [0.2, 0.25) is 0 Å². The summed E-state index contributed by atoms with van der Waals surface area (Å²) < 4.78 is 24.8. The van der Waals surface area contributed by atoms with Gasteiger partial charge in [0.15, 0.2) is 0 Å². The van der Waals surface area contributed by atoms with Crippen LogP contribution < -0.4 is 0 Å². The summed E-state index contributed by atoms with van der Waals surface area (Å²) in [5.41, 5.74) is -0.494. The molecule has 0 aromatic heterocycles. The van der Waals surface area contributed by atoms with Crippen molar-refractivity contribution in [2.75, 3.05) is 0 Å². The molecule has 2 rings (SSSR count). The van der Waals surface area contributed by atoms with Crippen LogP contribution in [-0.4, -0.2) is 5.92 Å². The molecule has 0 N–H and O–H groups in total. The molecular weight excluding hydrogens is 146 g/mol. The summed E-state index contributed by atoms with van der Waals surface area (Å²) in [5.74, 6) is -1.72. The van der Waals surface area contributed by atoms with Crippen LogP contribution in [0.3, 0.4) is 0 Å². The summed E-state index contributed by atoms with van der Waals surface area (Å²) in [6, 6.07) is 0. The van der Waals surface area contributed by atoms with Crippen molar-refractivity contribution in [2.45, 2.75) is 46.0 Å². The summed E-state index contributed by atoms with van der Waals surface area (Å²) in [4.78, 5) is 0. The van der Waals surface area contributed by atoms with Crippen LogP contribution in [0.5, 0.6) is 0 Å². The van der Waals surface area contributed by atoms with Crippen molar-refractivity contribution in [3.63, 3.8) is 0 Å². The zero-order chi connectivity index (χ0) is 8.70. The van der Waals surface area contributed by atoms with Gasteiger partial charge in [-0.25, -0.2) is 8.78 Å². The fourth-order valence-corrected chi connectivity index (χ4v) is 2.10. The third kappa shape index (κ3) is 1.17. The summed E-state index contributed by atoms with van der Waals surface area (Å²) >= 11 is 0. The lowest BCUT2D eigenvalue weighted by atomic mass is 9.72. The highest BCUT2D eigenvalue weighted by Gasteiger charge is 2.74. The van der Waals surface area contributed by atoms with Crippen molar-refractivity contribution in [2.24, 2.45) is 11.3 Å². The van der Waals surface area contributed by atoms with Crippen molar-refractivity contribution < 1.29 is 8.78 Å². The second-order valence-electron chi connectivity index (χ2n) is 3.67. The number of hydrogen-bond donors (Lipinski definition) is 0. The predicted molar refractivity (Wildman–Crippen MR) is 41.7 cm³/mol. The third-order valence-electron chi connectivity index (χ3n) is 2.69. The topological polar surface area (TPSA) is 0 Å². The Bertz CT molecular complexity index is 146. The first kappa shape index (κ1) is 8.95. The van der Waals surface area contributed by atoms with Crippen molar-refractivity contribution in [1.82, 2.24) is 0 Å². The molecule has 0 aromatic carbocycles. The van der Waals surface area contributed by atoms with Crippen LogP contribution >= 0.6 is 0 Å². The average Bonchev–Trinajstić information content (AvgIpc) is 2.39. The van der Waals surface area contributed by atoms with Crippen molar-refractivity contribution in [1.29, 1.82) is 0 Å². The molecule has 2 heteroatoms. The normalized spacial score (nSPS) is 43.9. The molecular formula is C9H16F2. The van der Waals surface area contributed by atoms with Gasteiger partial charge in [0.25, 0.3) is 5.92 Å². The van der Waals surface area contributed by atoms with Crippen molar-refractivity contribution in [3.8, 4) is 0 Å². The molecule has 1 spiro atoms. The minimum atomic E-state index is -2.28. The lowest BCUT2D eigenvalue weighted by molar-refractivity contribution is 0.00668. The first-order valence-electron chi connectivity index (χ1n) is 4.44. The van der Waals surface area contributed by atoms with E-state index in [1.807, 2.05) is 20.8 Å². The van der Waals surface area contributed by atoms with Gasteiger partial charge in [-0.1, -0.05) is 20.8 Å². The van der Waals surface area contributed by atoms with E-state index in [0.717, 1.165) is 12.8 Å². The Kier molecular flexibility index (Phi) is 1.97. The maximum absolute atomic E-state index is 12.4. The Balaban J connectivity index is 0.000000281. The molecule has 0 atom stereocenters. The second kappa shape index (κ2) is 2.43. The highest BCUT2D eigenvalue weighted by molar-refractivity contribution is 5.15. The van der Waals surface area contributed by atoms with Crippen LogP contribution in [0.4, 0.5) is 8.78 Å². The molecule has 66 valence electrons. The molecule has 0 nitrogen and oxygen atoms in total. The molecule has 2 fully saturated rings. The number of hydrogen-bond acceptors (Lipinski definition) is 0.